The van der Waals surface area contributed by atoms with Crippen molar-refractivity contribution in [2.45, 2.75) is 6.18 Å². The average Bonchev–Trinajstić information content (AvgIpc) is 2.38. The molecule has 2 aromatic rings. The van der Waals surface area contributed by atoms with E-state index >= 15 is 0 Å². The summed E-state index contributed by atoms with van der Waals surface area (Å²) in [5.41, 5.74) is -1.22. The smallest absolute Gasteiger partial charge is 0.417 e. The van der Waals surface area contributed by atoms with E-state index in [9.17, 15) is 18.0 Å². The topological polar surface area (TPSA) is 63.1 Å². The van der Waals surface area contributed by atoms with Gasteiger partial charge in [0.05, 0.1) is 11.1 Å². The lowest BCUT2D eigenvalue weighted by atomic mass is 10.0. The highest BCUT2D eigenvalue weighted by molar-refractivity contribution is 5.89. The summed E-state index contributed by atoms with van der Waals surface area (Å²) in [7, 11) is 0. The highest BCUT2D eigenvalue weighted by atomic mass is 19.4. The molecule has 98 valence electrons. The molecule has 0 radical (unpaired) electrons. The highest BCUT2D eigenvalue weighted by Gasteiger charge is 2.33. The van der Waals surface area contributed by atoms with Crippen molar-refractivity contribution >= 4 is 5.97 Å². The maximum atomic E-state index is 12.8. The van der Waals surface area contributed by atoms with Crippen molar-refractivity contribution in [3.05, 3.63) is 48.0 Å². The zero-order valence-electron chi connectivity index (χ0n) is 9.35. The number of carboxylic acid groups (broad SMARTS) is 1. The van der Waals surface area contributed by atoms with E-state index in [-0.39, 0.29) is 16.7 Å². The maximum Gasteiger partial charge on any atom is 0.417 e. The molecule has 4 nitrogen and oxygen atoms in total. The first-order valence-electron chi connectivity index (χ1n) is 5.09. The molecule has 0 aliphatic rings. The molecule has 2 rings (SSSR count). The highest BCUT2D eigenvalue weighted by Crippen LogP contribution is 2.36. The molecule has 0 aliphatic carbocycles. The molecular weight excluding hydrogens is 261 g/mol. The van der Waals surface area contributed by atoms with E-state index in [0.717, 1.165) is 30.7 Å². The third kappa shape index (κ3) is 2.70. The summed E-state index contributed by atoms with van der Waals surface area (Å²) in [5.74, 6) is -1.26. The van der Waals surface area contributed by atoms with E-state index in [0.29, 0.717) is 0 Å². The fourth-order valence-electron chi connectivity index (χ4n) is 1.58. The van der Waals surface area contributed by atoms with Crippen molar-refractivity contribution in [2.24, 2.45) is 0 Å². The summed E-state index contributed by atoms with van der Waals surface area (Å²) < 4.78 is 38.5. The van der Waals surface area contributed by atoms with Crippen LogP contribution in [-0.2, 0) is 6.18 Å². The Morgan fingerprint density at radius 2 is 1.89 bits per heavy atom. The molecule has 2 heterocycles. The van der Waals surface area contributed by atoms with Crippen LogP contribution in [0.2, 0.25) is 0 Å². The zero-order valence-corrected chi connectivity index (χ0v) is 9.35. The molecular formula is C12H7F3N2O2. The first-order chi connectivity index (χ1) is 8.89. The SMILES string of the molecule is O=C(O)c1cncc(-c2cnccc2C(F)(F)F)c1. The van der Waals surface area contributed by atoms with Gasteiger partial charge in [0.1, 0.15) is 0 Å². The van der Waals surface area contributed by atoms with Crippen LogP contribution in [0.25, 0.3) is 11.1 Å². The van der Waals surface area contributed by atoms with Gasteiger partial charge in [0.25, 0.3) is 0 Å². The molecule has 0 bridgehead atoms. The number of nitrogens with zero attached hydrogens (tertiary/aromatic N) is 2. The van der Waals surface area contributed by atoms with E-state index in [2.05, 4.69) is 9.97 Å². The summed E-state index contributed by atoms with van der Waals surface area (Å²) in [6, 6.07) is 1.96. The fraction of sp³-hybridized carbons (Fsp3) is 0.0833. The third-order valence-corrected chi connectivity index (χ3v) is 2.42. The Hall–Kier alpha value is -2.44. The molecule has 0 amide bonds. The van der Waals surface area contributed by atoms with E-state index < -0.39 is 17.7 Å². The van der Waals surface area contributed by atoms with Crippen LogP contribution in [0.5, 0.6) is 0 Å². The minimum Gasteiger partial charge on any atom is -0.478 e. The minimum absolute atomic E-state index is 0.0559. The molecule has 0 atom stereocenters. The lowest BCUT2D eigenvalue weighted by molar-refractivity contribution is -0.137. The Labute approximate surface area is 105 Å². The molecule has 0 saturated carbocycles. The molecule has 7 heteroatoms. The van der Waals surface area contributed by atoms with Crippen LogP contribution in [0.15, 0.2) is 36.9 Å². The van der Waals surface area contributed by atoms with Gasteiger partial charge in [0.15, 0.2) is 0 Å². The predicted octanol–water partition coefficient (Wildman–Crippen LogP) is 2.86. The Kier molecular flexibility index (Phi) is 3.20. The van der Waals surface area contributed by atoms with Gasteiger partial charge in [0.2, 0.25) is 0 Å². The number of alkyl halides is 3. The van der Waals surface area contributed by atoms with Crippen LogP contribution in [0.1, 0.15) is 15.9 Å². The molecule has 19 heavy (non-hydrogen) atoms. The van der Waals surface area contributed by atoms with Gasteiger partial charge in [-0.15, -0.1) is 0 Å². The quantitative estimate of drug-likeness (QED) is 0.909. The average molecular weight is 268 g/mol. The number of hydrogen-bond acceptors (Lipinski definition) is 3. The normalized spacial score (nSPS) is 11.3. The van der Waals surface area contributed by atoms with Gasteiger partial charge in [0, 0.05) is 35.9 Å². The summed E-state index contributed by atoms with van der Waals surface area (Å²) >= 11 is 0. The lowest BCUT2D eigenvalue weighted by Gasteiger charge is -2.12. The third-order valence-electron chi connectivity index (χ3n) is 2.42. The number of pyridine rings is 2. The van der Waals surface area contributed by atoms with Gasteiger partial charge in [-0.1, -0.05) is 0 Å². The molecule has 2 aromatic heterocycles. The van der Waals surface area contributed by atoms with Crippen molar-refractivity contribution in [3.63, 3.8) is 0 Å². The van der Waals surface area contributed by atoms with E-state index in [4.69, 9.17) is 5.11 Å². The molecule has 0 unspecified atom stereocenters. The van der Waals surface area contributed by atoms with Gasteiger partial charge < -0.3 is 5.11 Å². The first kappa shape index (κ1) is 13.0. The molecule has 0 spiro atoms. The summed E-state index contributed by atoms with van der Waals surface area (Å²) in [6.07, 6.45) is -0.252. The maximum absolute atomic E-state index is 12.8. The standard InChI is InChI=1S/C12H7F3N2O2/c13-12(14,15)10-1-2-16-6-9(10)7-3-8(11(18)19)5-17-4-7/h1-6H,(H,18,19). The van der Waals surface area contributed by atoms with Crippen LogP contribution in [0.4, 0.5) is 13.2 Å². The van der Waals surface area contributed by atoms with Crippen molar-refractivity contribution < 1.29 is 23.1 Å². The molecule has 1 N–H and O–H groups in total. The van der Waals surface area contributed by atoms with Crippen LogP contribution in [0.3, 0.4) is 0 Å². The Balaban J connectivity index is 2.60. The zero-order chi connectivity index (χ0) is 14.0. The number of aromatic nitrogens is 2. The predicted molar refractivity (Wildman–Crippen MR) is 59.4 cm³/mol. The van der Waals surface area contributed by atoms with Gasteiger partial charge in [-0.05, 0) is 12.1 Å². The Bertz CT molecular complexity index is 626. The second kappa shape index (κ2) is 4.68. The monoisotopic (exact) mass is 268 g/mol. The lowest BCUT2D eigenvalue weighted by Crippen LogP contribution is -2.08. The van der Waals surface area contributed by atoms with Crippen molar-refractivity contribution in [3.8, 4) is 11.1 Å². The number of aromatic carboxylic acids is 1. The van der Waals surface area contributed by atoms with Gasteiger partial charge >= 0.3 is 12.1 Å². The number of rotatable bonds is 2. The Morgan fingerprint density at radius 1 is 1.16 bits per heavy atom. The fourth-order valence-corrected chi connectivity index (χ4v) is 1.58. The Morgan fingerprint density at radius 3 is 2.53 bits per heavy atom. The summed E-state index contributed by atoms with van der Waals surface area (Å²) in [6.45, 7) is 0. The largest absolute Gasteiger partial charge is 0.478 e. The number of halogens is 3. The second-order valence-electron chi connectivity index (χ2n) is 3.69. The van der Waals surface area contributed by atoms with Crippen molar-refractivity contribution in [2.75, 3.05) is 0 Å². The number of carboxylic acids is 1. The van der Waals surface area contributed by atoms with Crippen molar-refractivity contribution in [1.82, 2.24) is 9.97 Å². The van der Waals surface area contributed by atoms with Crippen LogP contribution >= 0.6 is 0 Å². The minimum atomic E-state index is -4.54. The van der Waals surface area contributed by atoms with E-state index in [1.807, 2.05) is 0 Å². The van der Waals surface area contributed by atoms with Crippen molar-refractivity contribution in [1.29, 1.82) is 0 Å². The first-order valence-corrected chi connectivity index (χ1v) is 5.09. The molecule has 0 aromatic carbocycles. The molecule has 0 saturated heterocycles. The van der Waals surface area contributed by atoms with Gasteiger partial charge in [-0.2, -0.15) is 13.2 Å². The number of carbonyl (C=O) groups is 1. The summed E-state index contributed by atoms with van der Waals surface area (Å²) in [4.78, 5) is 18.1. The van der Waals surface area contributed by atoms with E-state index in [1.165, 1.54) is 6.20 Å². The molecule has 0 aliphatic heterocycles. The van der Waals surface area contributed by atoms with Crippen LogP contribution in [-0.4, -0.2) is 21.0 Å². The van der Waals surface area contributed by atoms with Gasteiger partial charge in [-0.25, -0.2) is 4.79 Å². The second-order valence-corrected chi connectivity index (χ2v) is 3.69. The van der Waals surface area contributed by atoms with E-state index in [1.54, 1.807) is 0 Å². The van der Waals surface area contributed by atoms with Gasteiger partial charge in [-0.3, -0.25) is 9.97 Å². The van der Waals surface area contributed by atoms with Crippen LogP contribution < -0.4 is 0 Å². The summed E-state index contributed by atoms with van der Waals surface area (Å²) in [5, 5.41) is 8.81. The number of hydrogen-bond donors (Lipinski definition) is 1. The molecule has 0 fully saturated rings. The van der Waals surface area contributed by atoms with Crippen LogP contribution in [0, 0.1) is 0 Å².